The van der Waals surface area contributed by atoms with E-state index >= 15 is 0 Å². The van der Waals surface area contributed by atoms with Crippen molar-refractivity contribution in [2.75, 3.05) is 0 Å². The fourth-order valence-electron chi connectivity index (χ4n) is 0. The number of phosphoric acid groups is 2. The monoisotopic (exact) mass is 310 g/mol. The minimum Gasteiger partial charge on any atom is -1.00 e. The summed E-state index contributed by atoms with van der Waals surface area (Å²) in [5.74, 6) is 0. The molecule has 0 aliphatic heterocycles. The first-order valence-corrected chi connectivity index (χ1v) is 4.70. The van der Waals surface area contributed by atoms with E-state index in [-0.39, 0.29) is 62.5 Å². The minimum atomic E-state index is -4.64. The maximum absolute atomic E-state index is 8.88. The van der Waals surface area contributed by atoms with Crippen molar-refractivity contribution in [3.63, 3.8) is 0 Å². The van der Waals surface area contributed by atoms with Crippen LogP contribution in [0, 0.1) is 0 Å². The van der Waals surface area contributed by atoms with E-state index in [0.29, 0.717) is 0 Å². The Morgan fingerprint density at radius 1 is 0.600 bits per heavy atom. The van der Waals surface area contributed by atoms with Gasteiger partial charge in [0.2, 0.25) is 0 Å². The molecule has 0 saturated heterocycles. The summed E-state index contributed by atoms with van der Waals surface area (Å²) in [6.45, 7) is 0. The van der Waals surface area contributed by atoms with Crippen LogP contribution in [0.3, 0.4) is 0 Å². The summed E-state index contributed by atoms with van der Waals surface area (Å²) in [6.07, 6.45) is 0. The zero-order chi connectivity index (χ0) is 9.00. The number of hydrogen-bond donors (Lipinski definition) is 6. The summed E-state index contributed by atoms with van der Waals surface area (Å²) in [5, 5.41) is 0. The molecule has 0 unspecified atom stereocenters. The van der Waals surface area contributed by atoms with Gasteiger partial charge in [0.15, 0.2) is 0 Å². The standard InChI is InChI=1S/Ca.2H3O4P.4H2O.2H/c;2*1-5(2,3)4;;;;;;/h;2*(H3,1,2,3,4);4*1H2;;/q+2;;;;;;;2*-1. The van der Waals surface area contributed by atoms with Gasteiger partial charge in [-0.05, 0) is 0 Å². The summed E-state index contributed by atoms with van der Waals surface area (Å²) >= 11 is 0. The average molecular weight is 310 g/mol. The molecule has 0 spiro atoms. The van der Waals surface area contributed by atoms with Crippen molar-refractivity contribution >= 4 is 53.4 Å². The smallest absolute Gasteiger partial charge is 1.00 e. The van der Waals surface area contributed by atoms with Crippen LogP contribution in [0.1, 0.15) is 2.85 Å². The molecule has 0 aromatic carbocycles. The molecule has 0 fully saturated rings. The van der Waals surface area contributed by atoms with Gasteiger partial charge < -0.3 is 54.1 Å². The summed E-state index contributed by atoms with van der Waals surface area (Å²) in [6, 6.07) is 0. The van der Waals surface area contributed by atoms with Crippen molar-refractivity contribution in [1.82, 2.24) is 0 Å². The molecule has 12 nitrogen and oxygen atoms in total. The van der Waals surface area contributed by atoms with Crippen LogP contribution in [0.5, 0.6) is 0 Å². The van der Waals surface area contributed by atoms with E-state index in [0.717, 1.165) is 0 Å². The molecular formula is H16CaO12P2. The van der Waals surface area contributed by atoms with Gasteiger partial charge in [-0.2, -0.15) is 0 Å². The Morgan fingerprint density at radius 3 is 0.600 bits per heavy atom. The molecule has 0 aromatic heterocycles. The van der Waals surface area contributed by atoms with Crippen LogP contribution < -0.4 is 0 Å². The van der Waals surface area contributed by atoms with E-state index in [4.69, 9.17) is 38.5 Å². The van der Waals surface area contributed by atoms with E-state index in [2.05, 4.69) is 0 Å². The fourth-order valence-corrected chi connectivity index (χ4v) is 0. The third kappa shape index (κ3) is 1560. The second-order valence-electron chi connectivity index (χ2n) is 1.03. The third-order valence-electron chi connectivity index (χ3n) is 0. The maximum atomic E-state index is 8.88. The number of rotatable bonds is 0. The Balaban J connectivity index is -0.00000000762. The molecule has 0 amide bonds. The van der Waals surface area contributed by atoms with Crippen molar-refractivity contribution < 1.29 is 63.2 Å². The Hall–Kier alpha value is 1.32. The molecule has 0 rings (SSSR count). The van der Waals surface area contributed by atoms with E-state index in [1.54, 1.807) is 0 Å². The van der Waals surface area contributed by atoms with Crippen LogP contribution in [0.15, 0.2) is 0 Å². The Bertz CT molecular complexity index is 135. The second-order valence-corrected chi connectivity index (χ2v) is 3.08. The Kier molecular flexibility index (Phi) is 52.1. The number of hydrogen-bond acceptors (Lipinski definition) is 2. The first-order chi connectivity index (χ1) is 4.00. The second kappa shape index (κ2) is 17.7. The first kappa shape index (κ1) is 44.1. The molecule has 15 heavy (non-hydrogen) atoms. The van der Waals surface area contributed by atoms with Crippen LogP contribution in [0.4, 0.5) is 0 Å². The molecule has 0 atom stereocenters. The Labute approximate surface area is 116 Å². The van der Waals surface area contributed by atoms with Gasteiger partial charge in [0, 0.05) is 0 Å². The van der Waals surface area contributed by atoms with E-state index in [9.17, 15) is 0 Å². The molecule has 0 heterocycles. The predicted molar refractivity (Wildman–Crippen MR) is 51.0 cm³/mol. The Morgan fingerprint density at radius 2 is 0.600 bits per heavy atom. The molecule has 0 bridgehead atoms. The van der Waals surface area contributed by atoms with E-state index in [1.807, 2.05) is 0 Å². The van der Waals surface area contributed by atoms with Gasteiger partial charge in [0.05, 0.1) is 0 Å². The fraction of sp³-hybridized carbons (Fsp3) is 0. The molecule has 14 N–H and O–H groups in total. The topological polar surface area (TPSA) is 282 Å². The van der Waals surface area contributed by atoms with Gasteiger partial charge in [-0.15, -0.1) is 0 Å². The van der Waals surface area contributed by atoms with Crippen LogP contribution in [-0.4, -0.2) is 89.0 Å². The molecule has 0 aliphatic rings. The van der Waals surface area contributed by atoms with Crippen molar-refractivity contribution in [3.05, 3.63) is 0 Å². The SMILES string of the molecule is O.O.O.O.O=P(O)(O)O.O=P(O)(O)O.[Ca+2].[H-].[H-]. The van der Waals surface area contributed by atoms with Crippen LogP contribution >= 0.6 is 15.6 Å². The molecule has 0 aliphatic carbocycles. The van der Waals surface area contributed by atoms with Crippen LogP contribution in [0.25, 0.3) is 0 Å². The third-order valence-corrected chi connectivity index (χ3v) is 0. The first-order valence-electron chi connectivity index (χ1n) is 1.57. The summed E-state index contributed by atoms with van der Waals surface area (Å²) in [4.78, 5) is 43.1. The molecule has 0 radical (unpaired) electrons. The van der Waals surface area contributed by atoms with E-state index in [1.165, 1.54) is 0 Å². The van der Waals surface area contributed by atoms with Gasteiger partial charge in [0.25, 0.3) is 0 Å². The van der Waals surface area contributed by atoms with Crippen molar-refractivity contribution in [2.45, 2.75) is 0 Å². The molecular weight excluding hydrogens is 294 g/mol. The van der Waals surface area contributed by atoms with Gasteiger partial charge in [-0.1, -0.05) is 0 Å². The van der Waals surface area contributed by atoms with Gasteiger partial charge in [-0.25, -0.2) is 9.13 Å². The van der Waals surface area contributed by atoms with E-state index < -0.39 is 15.6 Å². The zero-order valence-corrected chi connectivity index (χ0v) is 11.1. The van der Waals surface area contributed by atoms with Gasteiger partial charge in [0.1, 0.15) is 0 Å². The maximum Gasteiger partial charge on any atom is 2.00 e. The van der Waals surface area contributed by atoms with Crippen LogP contribution in [0.2, 0.25) is 0 Å². The largest absolute Gasteiger partial charge is 2.00 e. The molecule has 15 heteroatoms. The molecule has 0 aromatic rings. The predicted octanol–water partition coefficient (Wildman–Crippen LogP) is -5.31. The molecule has 0 saturated carbocycles. The van der Waals surface area contributed by atoms with Crippen LogP contribution in [-0.2, 0) is 9.13 Å². The van der Waals surface area contributed by atoms with Gasteiger partial charge >= 0.3 is 53.4 Å². The van der Waals surface area contributed by atoms with Crippen molar-refractivity contribution in [2.24, 2.45) is 0 Å². The minimum absolute atomic E-state index is 0. The summed E-state index contributed by atoms with van der Waals surface area (Å²) < 4.78 is 17.8. The van der Waals surface area contributed by atoms with Crippen molar-refractivity contribution in [1.29, 1.82) is 0 Å². The molecule has 100 valence electrons. The quantitative estimate of drug-likeness (QED) is 0.185. The summed E-state index contributed by atoms with van der Waals surface area (Å²) in [5.41, 5.74) is 0. The summed E-state index contributed by atoms with van der Waals surface area (Å²) in [7, 11) is -9.28. The van der Waals surface area contributed by atoms with Gasteiger partial charge in [-0.3, -0.25) is 0 Å². The normalized spacial score (nSPS) is 7.87. The average Bonchev–Trinajstić information content (AvgIpc) is 1.12. The zero-order valence-electron chi connectivity index (χ0n) is 9.10. The van der Waals surface area contributed by atoms with Crippen molar-refractivity contribution in [3.8, 4) is 0 Å².